The van der Waals surface area contributed by atoms with Gasteiger partial charge in [0.2, 0.25) is 5.91 Å². The van der Waals surface area contributed by atoms with E-state index in [4.69, 9.17) is 18.0 Å². The van der Waals surface area contributed by atoms with Gasteiger partial charge in [-0.05, 0) is 19.4 Å². The van der Waals surface area contributed by atoms with Crippen molar-refractivity contribution in [1.29, 1.82) is 0 Å². The molecule has 1 amide bonds. The van der Waals surface area contributed by atoms with Crippen molar-refractivity contribution in [2.75, 3.05) is 19.6 Å². The van der Waals surface area contributed by atoms with Crippen molar-refractivity contribution >= 4 is 23.1 Å². The summed E-state index contributed by atoms with van der Waals surface area (Å²) in [5.41, 5.74) is 5.49. The molecule has 1 aliphatic rings. The quantitative estimate of drug-likeness (QED) is 0.726. The van der Waals surface area contributed by atoms with Crippen LogP contribution in [0, 0.1) is 0 Å². The van der Waals surface area contributed by atoms with Gasteiger partial charge in [0, 0.05) is 0 Å². The molecule has 0 aliphatic carbocycles. The van der Waals surface area contributed by atoms with E-state index in [-0.39, 0.29) is 17.6 Å². The van der Waals surface area contributed by atoms with Gasteiger partial charge in [-0.15, -0.1) is 0 Å². The van der Waals surface area contributed by atoms with E-state index in [9.17, 15) is 18.0 Å². The molecule has 1 atom stereocenters. The highest BCUT2D eigenvalue weighted by molar-refractivity contribution is 7.80. The van der Waals surface area contributed by atoms with Gasteiger partial charge in [-0.1, -0.05) is 12.2 Å². The molecule has 0 aromatic rings. The zero-order chi connectivity index (χ0) is 13.1. The Balaban J connectivity index is 2.38. The molecule has 0 aromatic heterocycles. The maximum atomic E-state index is 11.9. The third-order valence-corrected chi connectivity index (χ3v) is 2.80. The molecule has 0 radical (unpaired) electrons. The number of halogens is 3. The van der Waals surface area contributed by atoms with Gasteiger partial charge < -0.3 is 11.1 Å². The normalized spacial score (nSPS) is 21.5. The van der Waals surface area contributed by atoms with Crippen LogP contribution in [0.25, 0.3) is 0 Å². The Morgan fingerprint density at radius 2 is 2.18 bits per heavy atom. The Morgan fingerprint density at radius 1 is 1.53 bits per heavy atom. The third kappa shape index (κ3) is 4.86. The predicted octanol–water partition coefficient (Wildman–Crippen LogP) is 0.415. The molecule has 1 aliphatic heterocycles. The van der Waals surface area contributed by atoms with E-state index in [2.05, 4.69) is 0 Å². The van der Waals surface area contributed by atoms with E-state index >= 15 is 0 Å². The van der Waals surface area contributed by atoms with Gasteiger partial charge in [-0.25, -0.2) is 0 Å². The summed E-state index contributed by atoms with van der Waals surface area (Å²) >= 11 is 4.83. The zero-order valence-electron chi connectivity index (χ0n) is 9.09. The molecular weight excluding hydrogens is 255 g/mol. The minimum Gasteiger partial charge on any atom is -0.392 e. The molecule has 0 bridgehead atoms. The fourth-order valence-corrected chi connectivity index (χ4v) is 2.04. The lowest BCUT2D eigenvalue weighted by Gasteiger charge is -2.22. The lowest BCUT2D eigenvalue weighted by molar-refractivity contribution is -0.139. The highest BCUT2D eigenvalue weighted by Gasteiger charge is 2.30. The first-order chi connectivity index (χ1) is 7.79. The molecule has 8 heteroatoms. The summed E-state index contributed by atoms with van der Waals surface area (Å²) in [6.07, 6.45) is -2.79. The van der Waals surface area contributed by atoms with E-state index in [1.54, 1.807) is 4.90 Å². The van der Waals surface area contributed by atoms with Crippen molar-refractivity contribution in [1.82, 2.24) is 10.2 Å². The van der Waals surface area contributed by atoms with Crippen LogP contribution in [-0.2, 0) is 4.79 Å². The number of alkyl halides is 3. The first kappa shape index (κ1) is 14.2. The van der Waals surface area contributed by atoms with Gasteiger partial charge in [0.05, 0.1) is 17.6 Å². The maximum absolute atomic E-state index is 11.9. The minimum absolute atomic E-state index is 0.0991. The molecule has 17 heavy (non-hydrogen) atoms. The minimum atomic E-state index is -4.39. The summed E-state index contributed by atoms with van der Waals surface area (Å²) in [6, 6.07) is -0.179. The van der Waals surface area contributed by atoms with E-state index in [0.717, 1.165) is 12.8 Å². The molecule has 0 aromatic carbocycles. The van der Waals surface area contributed by atoms with E-state index in [1.807, 2.05) is 5.32 Å². The third-order valence-electron chi connectivity index (χ3n) is 2.52. The van der Waals surface area contributed by atoms with Crippen molar-refractivity contribution in [3.05, 3.63) is 0 Å². The van der Waals surface area contributed by atoms with Crippen LogP contribution in [0.3, 0.4) is 0 Å². The van der Waals surface area contributed by atoms with Crippen LogP contribution in [0.15, 0.2) is 0 Å². The van der Waals surface area contributed by atoms with Gasteiger partial charge in [0.1, 0.15) is 6.54 Å². The number of nitrogens with two attached hydrogens (primary N) is 1. The number of nitrogens with zero attached hydrogens (tertiary/aromatic N) is 1. The molecule has 1 heterocycles. The number of rotatable bonds is 4. The van der Waals surface area contributed by atoms with Crippen molar-refractivity contribution < 1.29 is 18.0 Å². The fourth-order valence-electron chi connectivity index (χ4n) is 1.78. The molecule has 3 N–H and O–H groups in total. The van der Waals surface area contributed by atoms with Crippen LogP contribution >= 0.6 is 12.2 Å². The summed E-state index contributed by atoms with van der Waals surface area (Å²) in [4.78, 5) is 13.3. The van der Waals surface area contributed by atoms with Crippen LogP contribution in [0.2, 0.25) is 0 Å². The predicted molar refractivity (Wildman–Crippen MR) is 60.4 cm³/mol. The average molecular weight is 269 g/mol. The average Bonchev–Trinajstić information content (AvgIpc) is 2.62. The summed E-state index contributed by atoms with van der Waals surface area (Å²) in [6.45, 7) is -0.781. The van der Waals surface area contributed by atoms with Crippen molar-refractivity contribution in [2.45, 2.75) is 25.1 Å². The second-order valence-corrected chi connectivity index (χ2v) is 4.39. The molecular formula is C9H14F3N3OS. The van der Waals surface area contributed by atoms with Crippen LogP contribution in [0.4, 0.5) is 13.2 Å². The Hall–Kier alpha value is -0.890. The molecule has 0 spiro atoms. The van der Waals surface area contributed by atoms with Crippen LogP contribution in [0.1, 0.15) is 12.8 Å². The number of carbonyl (C=O) groups excluding carboxylic acids is 1. The first-order valence-electron chi connectivity index (χ1n) is 5.16. The van der Waals surface area contributed by atoms with Gasteiger partial charge in [0.15, 0.2) is 0 Å². The molecule has 98 valence electrons. The highest BCUT2D eigenvalue weighted by Crippen LogP contribution is 2.17. The van der Waals surface area contributed by atoms with E-state index in [1.165, 1.54) is 0 Å². The number of thiocarbonyl (C=S) groups is 1. The Kier molecular flexibility index (Phi) is 4.70. The number of likely N-dealkylation sites (tertiary alicyclic amines) is 1. The lowest BCUT2D eigenvalue weighted by atomic mass is 10.2. The number of amides is 1. The lowest BCUT2D eigenvalue weighted by Crippen LogP contribution is -2.46. The maximum Gasteiger partial charge on any atom is 0.405 e. The number of hydrogen-bond donors (Lipinski definition) is 2. The second kappa shape index (κ2) is 5.63. The Labute approximate surface area is 102 Å². The second-order valence-electron chi connectivity index (χ2n) is 3.92. The van der Waals surface area contributed by atoms with Crippen molar-refractivity contribution in [3.8, 4) is 0 Å². The summed E-state index contributed by atoms with van der Waals surface area (Å²) < 4.78 is 35.6. The molecule has 1 rings (SSSR count). The van der Waals surface area contributed by atoms with Crippen LogP contribution < -0.4 is 11.1 Å². The summed E-state index contributed by atoms with van der Waals surface area (Å²) in [5.74, 6) is -0.662. The SMILES string of the molecule is NC(=S)C1CCCN1CC(=O)NCC(F)(F)F. The van der Waals surface area contributed by atoms with Crippen LogP contribution in [0.5, 0.6) is 0 Å². The number of hydrogen-bond acceptors (Lipinski definition) is 3. The van der Waals surface area contributed by atoms with Gasteiger partial charge >= 0.3 is 6.18 Å². The Morgan fingerprint density at radius 3 is 2.71 bits per heavy atom. The standard InChI is InChI=1S/C9H14F3N3OS/c10-9(11,12)5-14-7(16)4-15-3-1-2-6(15)8(13)17/h6H,1-5H2,(H2,13,17)(H,14,16). The van der Waals surface area contributed by atoms with Gasteiger partial charge in [-0.3, -0.25) is 9.69 Å². The molecule has 1 saturated heterocycles. The van der Waals surface area contributed by atoms with E-state index < -0.39 is 18.6 Å². The van der Waals surface area contributed by atoms with E-state index in [0.29, 0.717) is 6.54 Å². The fraction of sp³-hybridized carbons (Fsp3) is 0.778. The highest BCUT2D eigenvalue weighted by atomic mass is 32.1. The molecule has 0 saturated carbocycles. The zero-order valence-corrected chi connectivity index (χ0v) is 9.90. The monoisotopic (exact) mass is 269 g/mol. The van der Waals surface area contributed by atoms with Crippen molar-refractivity contribution in [2.24, 2.45) is 5.73 Å². The smallest absolute Gasteiger partial charge is 0.392 e. The summed E-state index contributed by atoms with van der Waals surface area (Å²) in [7, 11) is 0. The van der Waals surface area contributed by atoms with Crippen LogP contribution in [-0.4, -0.2) is 47.6 Å². The molecule has 4 nitrogen and oxygen atoms in total. The molecule has 1 fully saturated rings. The summed E-state index contributed by atoms with van der Waals surface area (Å²) in [5, 5.41) is 1.82. The number of nitrogens with one attached hydrogen (secondary N) is 1. The largest absolute Gasteiger partial charge is 0.405 e. The topological polar surface area (TPSA) is 58.4 Å². The van der Waals surface area contributed by atoms with Gasteiger partial charge in [0.25, 0.3) is 0 Å². The molecule has 1 unspecified atom stereocenters. The first-order valence-corrected chi connectivity index (χ1v) is 5.57. The Bertz CT molecular complexity index is 308. The number of carbonyl (C=O) groups is 1. The van der Waals surface area contributed by atoms with Crippen molar-refractivity contribution in [3.63, 3.8) is 0 Å². The van der Waals surface area contributed by atoms with Gasteiger partial charge in [-0.2, -0.15) is 13.2 Å².